The Morgan fingerprint density at radius 2 is 1.74 bits per heavy atom. The summed E-state index contributed by atoms with van der Waals surface area (Å²) in [4.78, 5) is 12.5. The summed E-state index contributed by atoms with van der Waals surface area (Å²) in [6, 6.07) is 14.3. The molecule has 2 amide bonds. The van der Waals surface area contributed by atoms with Gasteiger partial charge in [0.1, 0.15) is 17.2 Å². The molecule has 0 atom stereocenters. The molecule has 2 aromatic carbocycles. The fraction of sp³-hybridized carbons (Fsp3) is 0.200. The van der Waals surface area contributed by atoms with Crippen LogP contribution in [0.2, 0.25) is 0 Å². The van der Waals surface area contributed by atoms with Gasteiger partial charge in [-0.1, -0.05) is 25.1 Å². The third-order valence-electron chi connectivity index (χ3n) is 4.10. The van der Waals surface area contributed by atoms with E-state index in [4.69, 9.17) is 9.47 Å². The van der Waals surface area contributed by atoms with Gasteiger partial charge in [0.15, 0.2) is 0 Å². The number of hydrogen-bond donors (Lipinski definition) is 3. The van der Waals surface area contributed by atoms with Gasteiger partial charge in [-0.2, -0.15) is 5.10 Å². The van der Waals surface area contributed by atoms with Gasteiger partial charge in [0.2, 0.25) is 0 Å². The number of amides is 2. The van der Waals surface area contributed by atoms with Crippen LogP contribution in [0.4, 0.5) is 16.2 Å². The van der Waals surface area contributed by atoms with Gasteiger partial charge in [-0.3, -0.25) is 5.10 Å². The van der Waals surface area contributed by atoms with Crippen LogP contribution >= 0.6 is 0 Å². The number of aromatic amines is 1. The van der Waals surface area contributed by atoms with E-state index in [0.29, 0.717) is 29.2 Å². The Balaban J connectivity index is 1.85. The van der Waals surface area contributed by atoms with E-state index in [9.17, 15) is 4.79 Å². The number of carbonyl (C=O) groups excluding carboxylic acids is 1. The molecule has 7 nitrogen and oxygen atoms in total. The van der Waals surface area contributed by atoms with E-state index < -0.39 is 0 Å². The first-order valence-corrected chi connectivity index (χ1v) is 8.58. The molecule has 1 heterocycles. The Morgan fingerprint density at radius 1 is 1.04 bits per heavy atom. The number of H-pyrrole nitrogens is 1. The Hall–Kier alpha value is -3.48. The number of aryl methyl sites for hydroxylation is 1. The molecule has 0 unspecified atom stereocenters. The first-order valence-electron chi connectivity index (χ1n) is 8.58. The van der Waals surface area contributed by atoms with Crippen molar-refractivity contribution in [2.24, 2.45) is 0 Å². The summed E-state index contributed by atoms with van der Waals surface area (Å²) < 4.78 is 10.5. The second-order valence-corrected chi connectivity index (χ2v) is 5.82. The average Bonchev–Trinajstić information content (AvgIpc) is 3.10. The predicted octanol–water partition coefficient (Wildman–Crippen LogP) is 4.30. The van der Waals surface area contributed by atoms with Crippen LogP contribution < -0.4 is 20.1 Å². The third kappa shape index (κ3) is 4.20. The molecule has 0 saturated carbocycles. The number of aromatic nitrogens is 2. The molecule has 0 radical (unpaired) electrons. The minimum absolute atomic E-state index is 0.358. The van der Waals surface area contributed by atoms with Crippen LogP contribution in [0.5, 0.6) is 11.5 Å². The number of hydrogen-bond acceptors (Lipinski definition) is 4. The standard InChI is InChI=1S/C20H22N4O3/c1-4-17-19(18(24-23-17)13-7-5-9-15(11-13)26-2)22-20(25)21-14-8-6-10-16(12-14)27-3/h5-12H,4H2,1-3H3,(H,23,24)(H2,21,22,25). The number of nitrogens with zero attached hydrogens (tertiary/aromatic N) is 1. The number of anilines is 2. The number of benzene rings is 2. The van der Waals surface area contributed by atoms with E-state index in [1.807, 2.05) is 43.3 Å². The number of urea groups is 1. The van der Waals surface area contributed by atoms with E-state index in [1.165, 1.54) is 0 Å². The summed E-state index contributed by atoms with van der Waals surface area (Å²) in [5.74, 6) is 1.39. The number of methoxy groups -OCH3 is 2. The van der Waals surface area contributed by atoms with Crippen LogP contribution in [0.1, 0.15) is 12.6 Å². The SMILES string of the molecule is CCc1[nH]nc(-c2cccc(OC)c2)c1NC(=O)Nc1cccc(OC)c1. The zero-order valence-electron chi connectivity index (χ0n) is 15.5. The number of carbonyl (C=O) groups is 1. The first kappa shape index (κ1) is 18.3. The average molecular weight is 366 g/mol. The summed E-state index contributed by atoms with van der Waals surface area (Å²) in [7, 11) is 3.19. The lowest BCUT2D eigenvalue weighted by Gasteiger charge is -2.11. The molecule has 0 bridgehead atoms. The van der Waals surface area contributed by atoms with E-state index in [-0.39, 0.29) is 6.03 Å². The number of nitrogens with one attached hydrogen (secondary N) is 3. The van der Waals surface area contributed by atoms with Gasteiger partial charge in [-0.15, -0.1) is 0 Å². The van der Waals surface area contributed by atoms with Crippen molar-refractivity contribution in [3.8, 4) is 22.8 Å². The largest absolute Gasteiger partial charge is 0.497 e. The maximum atomic E-state index is 12.5. The van der Waals surface area contributed by atoms with Crippen LogP contribution in [-0.2, 0) is 6.42 Å². The Labute approximate surface area is 157 Å². The molecule has 7 heteroatoms. The molecule has 0 saturated heterocycles. The molecule has 3 aromatic rings. The van der Waals surface area contributed by atoms with Crippen molar-refractivity contribution in [1.82, 2.24) is 10.2 Å². The maximum absolute atomic E-state index is 12.5. The smallest absolute Gasteiger partial charge is 0.323 e. The van der Waals surface area contributed by atoms with Crippen LogP contribution in [0.15, 0.2) is 48.5 Å². The molecule has 3 rings (SSSR count). The number of rotatable bonds is 6. The first-order chi connectivity index (χ1) is 13.1. The van der Waals surface area contributed by atoms with E-state index in [2.05, 4.69) is 20.8 Å². The van der Waals surface area contributed by atoms with Gasteiger partial charge in [0, 0.05) is 17.3 Å². The maximum Gasteiger partial charge on any atom is 0.323 e. The van der Waals surface area contributed by atoms with Crippen molar-refractivity contribution in [2.45, 2.75) is 13.3 Å². The van der Waals surface area contributed by atoms with Crippen molar-refractivity contribution in [2.75, 3.05) is 24.9 Å². The van der Waals surface area contributed by atoms with Gasteiger partial charge in [0.25, 0.3) is 0 Å². The van der Waals surface area contributed by atoms with E-state index in [0.717, 1.165) is 17.0 Å². The molecule has 3 N–H and O–H groups in total. The second kappa shape index (κ2) is 8.27. The van der Waals surface area contributed by atoms with Crippen molar-refractivity contribution in [1.29, 1.82) is 0 Å². The molecule has 0 aliphatic rings. The molecule has 0 spiro atoms. The van der Waals surface area contributed by atoms with Gasteiger partial charge in [0.05, 0.1) is 25.6 Å². The quantitative estimate of drug-likeness (QED) is 0.607. The topological polar surface area (TPSA) is 88.3 Å². The van der Waals surface area contributed by atoms with Gasteiger partial charge in [-0.25, -0.2) is 4.79 Å². The lowest BCUT2D eigenvalue weighted by molar-refractivity contribution is 0.262. The Kier molecular flexibility index (Phi) is 5.61. The lowest BCUT2D eigenvalue weighted by Crippen LogP contribution is -2.20. The normalized spacial score (nSPS) is 10.3. The zero-order chi connectivity index (χ0) is 19.2. The van der Waals surface area contributed by atoms with Gasteiger partial charge < -0.3 is 20.1 Å². The third-order valence-corrected chi connectivity index (χ3v) is 4.10. The zero-order valence-corrected chi connectivity index (χ0v) is 15.5. The molecular weight excluding hydrogens is 344 g/mol. The molecule has 27 heavy (non-hydrogen) atoms. The van der Waals surface area contributed by atoms with Gasteiger partial charge in [-0.05, 0) is 30.7 Å². The minimum atomic E-state index is -0.358. The molecule has 0 fully saturated rings. The van der Waals surface area contributed by atoms with Crippen molar-refractivity contribution >= 4 is 17.4 Å². The summed E-state index contributed by atoms with van der Waals surface area (Å²) in [6.07, 6.45) is 0.700. The molecular formula is C20H22N4O3. The molecule has 0 aliphatic carbocycles. The Morgan fingerprint density at radius 3 is 2.44 bits per heavy atom. The van der Waals surface area contributed by atoms with Crippen LogP contribution in [-0.4, -0.2) is 30.4 Å². The minimum Gasteiger partial charge on any atom is -0.497 e. The van der Waals surface area contributed by atoms with Crippen molar-refractivity contribution in [3.05, 3.63) is 54.2 Å². The van der Waals surface area contributed by atoms with Gasteiger partial charge >= 0.3 is 6.03 Å². The molecule has 140 valence electrons. The van der Waals surface area contributed by atoms with E-state index >= 15 is 0 Å². The van der Waals surface area contributed by atoms with Crippen molar-refractivity contribution in [3.63, 3.8) is 0 Å². The fourth-order valence-corrected chi connectivity index (χ4v) is 2.72. The van der Waals surface area contributed by atoms with E-state index in [1.54, 1.807) is 26.4 Å². The lowest BCUT2D eigenvalue weighted by atomic mass is 10.1. The highest BCUT2D eigenvalue weighted by Crippen LogP contribution is 2.31. The highest BCUT2D eigenvalue weighted by molar-refractivity contribution is 6.02. The highest BCUT2D eigenvalue weighted by atomic mass is 16.5. The monoisotopic (exact) mass is 366 g/mol. The summed E-state index contributed by atoms with van der Waals surface area (Å²) >= 11 is 0. The molecule has 0 aliphatic heterocycles. The number of ether oxygens (including phenoxy) is 2. The van der Waals surface area contributed by atoms with Crippen LogP contribution in [0.25, 0.3) is 11.3 Å². The second-order valence-electron chi connectivity index (χ2n) is 5.82. The summed E-state index contributed by atoms with van der Waals surface area (Å²) in [6.45, 7) is 1.99. The Bertz CT molecular complexity index is 936. The summed E-state index contributed by atoms with van der Waals surface area (Å²) in [5, 5.41) is 13.1. The van der Waals surface area contributed by atoms with Crippen molar-refractivity contribution < 1.29 is 14.3 Å². The fourth-order valence-electron chi connectivity index (χ4n) is 2.72. The highest BCUT2D eigenvalue weighted by Gasteiger charge is 2.17. The van der Waals surface area contributed by atoms with Crippen LogP contribution in [0, 0.1) is 0 Å². The summed E-state index contributed by atoms with van der Waals surface area (Å²) in [5.41, 5.74) is 3.63. The predicted molar refractivity (Wildman–Crippen MR) is 106 cm³/mol. The molecule has 1 aromatic heterocycles. The van der Waals surface area contributed by atoms with Crippen LogP contribution in [0.3, 0.4) is 0 Å².